The number of halogens is 3. The highest BCUT2D eigenvalue weighted by molar-refractivity contribution is 7.09. The van der Waals surface area contributed by atoms with Gasteiger partial charge < -0.3 is 5.32 Å². The number of anilines is 1. The monoisotopic (exact) mass is 277 g/mol. The first-order valence-corrected chi connectivity index (χ1v) is 5.86. The van der Waals surface area contributed by atoms with Crippen molar-refractivity contribution in [1.82, 2.24) is 19.1 Å². The van der Waals surface area contributed by atoms with E-state index in [9.17, 15) is 13.2 Å². The Morgan fingerprint density at radius 3 is 2.78 bits per heavy atom. The number of alkyl halides is 3. The van der Waals surface area contributed by atoms with Crippen LogP contribution in [0, 0.1) is 0 Å². The first kappa shape index (κ1) is 12.8. The van der Waals surface area contributed by atoms with Crippen LogP contribution in [0.2, 0.25) is 0 Å². The van der Waals surface area contributed by atoms with Gasteiger partial charge in [-0.3, -0.25) is 4.68 Å². The number of nitrogens with zero attached hydrogens (tertiary/aromatic N) is 4. The topological polar surface area (TPSA) is 55.6 Å². The van der Waals surface area contributed by atoms with Crippen molar-refractivity contribution >= 4 is 16.7 Å². The van der Waals surface area contributed by atoms with E-state index in [0.29, 0.717) is 24.5 Å². The largest absolute Gasteiger partial charge is 0.452 e. The van der Waals surface area contributed by atoms with Crippen LogP contribution in [0.25, 0.3) is 0 Å². The van der Waals surface area contributed by atoms with E-state index in [0.717, 1.165) is 5.69 Å². The molecule has 0 fully saturated rings. The van der Waals surface area contributed by atoms with Gasteiger partial charge in [0.25, 0.3) is 0 Å². The van der Waals surface area contributed by atoms with Crippen molar-refractivity contribution < 1.29 is 13.2 Å². The van der Waals surface area contributed by atoms with Crippen LogP contribution in [-0.4, -0.2) is 25.7 Å². The van der Waals surface area contributed by atoms with Gasteiger partial charge in [0.2, 0.25) is 11.0 Å². The second kappa shape index (κ2) is 4.92. The molecule has 0 aliphatic heterocycles. The smallest absolute Gasteiger partial charge is 0.360 e. The molecule has 0 atom stereocenters. The third kappa shape index (κ3) is 3.19. The van der Waals surface area contributed by atoms with Crippen LogP contribution >= 0.6 is 11.5 Å². The molecular weight excluding hydrogens is 267 g/mol. The number of hydrogen-bond acceptors (Lipinski definition) is 5. The molecule has 0 aliphatic carbocycles. The Morgan fingerprint density at radius 2 is 2.22 bits per heavy atom. The van der Waals surface area contributed by atoms with Crippen molar-refractivity contribution in [3.05, 3.63) is 23.8 Å². The summed E-state index contributed by atoms with van der Waals surface area (Å²) in [5.41, 5.74) is 0.866. The molecule has 2 heterocycles. The maximum absolute atomic E-state index is 12.2. The fourth-order valence-corrected chi connectivity index (χ4v) is 1.92. The van der Waals surface area contributed by atoms with Crippen LogP contribution < -0.4 is 5.32 Å². The fourth-order valence-electron chi connectivity index (χ4n) is 1.30. The second-order valence-electron chi connectivity index (χ2n) is 3.58. The third-order valence-corrected chi connectivity index (χ3v) is 2.78. The Hall–Kier alpha value is -1.64. The molecule has 0 unspecified atom stereocenters. The van der Waals surface area contributed by atoms with Gasteiger partial charge >= 0.3 is 6.18 Å². The molecule has 0 aliphatic rings. The molecule has 0 bridgehead atoms. The third-order valence-electron chi connectivity index (χ3n) is 2.11. The van der Waals surface area contributed by atoms with Gasteiger partial charge in [0.05, 0.1) is 5.69 Å². The fraction of sp³-hybridized carbons (Fsp3) is 0.444. The molecule has 0 amide bonds. The number of hydrogen-bond donors (Lipinski definition) is 1. The Labute approximate surface area is 105 Å². The molecule has 2 aromatic rings. The summed E-state index contributed by atoms with van der Waals surface area (Å²) in [6.07, 6.45) is -2.07. The Kier molecular flexibility index (Phi) is 3.50. The molecule has 9 heteroatoms. The zero-order valence-corrected chi connectivity index (χ0v) is 10.2. The molecule has 1 N–H and O–H groups in total. The van der Waals surface area contributed by atoms with E-state index >= 15 is 0 Å². The maximum Gasteiger partial charge on any atom is 0.452 e. The molecule has 0 saturated carbocycles. The van der Waals surface area contributed by atoms with E-state index in [1.165, 1.54) is 0 Å². The SMILES string of the molecule is Cn1ccc(CCNc2nc(C(F)(F)F)ns2)n1. The lowest BCUT2D eigenvalue weighted by Gasteiger charge is -2.00. The molecule has 98 valence electrons. The molecule has 2 rings (SSSR count). The lowest BCUT2D eigenvalue weighted by Crippen LogP contribution is -2.09. The zero-order valence-electron chi connectivity index (χ0n) is 9.40. The van der Waals surface area contributed by atoms with E-state index in [2.05, 4.69) is 19.8 Å². The predicted molar refractivity (Wildman–Crippen MR) is 60.3 cm³/mol. The van der Waals surface area contributed by atoms with Gasteiger partial charge in [-0.15, -0.1) is 0 Å². The van der Waals surface area contributed by atoms with Crippen molar-refractivity contribution in [1.29, 1.82) is 0 Å². The Bertz CT molecular complexity index is 518. The van der Waals surface area contributed by atoms with Gasteiger partial charge in [-0.2, -0.15) is 27.6 Å². The molecule has 18 heavy (non-hydrogen) atoms. The lowest BCUT2D eigenvalue weighted by molar-refractivity contribution is -0.144. The summed E-state index contributed by atoms with van der Waals surface area (Å²) in [6.45, 7) is 0.462. The zero-order chi connectivity index (χ0) is 13.2. The van der Waals surface area contributed by atoms with Crippen molar-refractivity contribution in [3.63, 3.8) is 0 Å². The number of nitrogens with one attached hydrogen (secondary N) is 1. The van der Waals surface area contributed by atoms with Crippen LogP contribution in [0.4, 0.5) is 18.3 Å². The van der Waals surface area contributed by atoms with Gasteiger partial charge in [0, 0.05) is 37.7 Å². The highest BCUT2D eigenvalue weighted by Crippen LogP contribution is 2.28. The van der Waals surface area contributed by atoms with Gasteiger partial charge in [-0.05, 0) is 6.07 Å². The average molecular weight is 277 g/mol. The summed E-state index contributed by atoms with van der Waals surface area (Å²) in [5.74, 6) is -1.10. The minimum absolute atomic E-state index is 0.165. The van der Waals surface area contributed by atoms with E-state index in [1.807, 2.05) is 12.3 Å². The van der Waals surface area contributed by atoms with Crippen LogP contribution in [-0.2, 0) is 19.6 Å². The van der Waals surface area contributed by atoms with Crippen LogP contribution in [0.15, 0.2) is 12.3 Å². The summed E-state index contributed by atoms with van der Waals surface area (Å²) < 4.78 is 41.6. The molecule has 2 aromatic heterocycles. The van der Waals surface area contributed by atoms with Gasteiger partial charge in [0.1, 0.15) is 0 Å². The maximum atomic E-state index is 12.2. The molecule has 0 radical (unpaired) electrons. The van der Waals surface area contributed by atoms with E-state index in [-0.39, 0.29) is 5.13 Å². The van der Waals surface area contributed by atoms with Gasteiger partial charge in [-0.1, -0.05) is 0 Å². The highest BCUT2D eigenvalue weighted by Gasteiger charge is 2.36. The first-order valence-electron chi connectivity index (χ1n) is 5.08. The minimum Gasteiger partial charge on any atom is -0.360 e. The minimum atomic E-state index is -4.49. The van der Waals surface area contributed by atoms with Crippen molar-refractivity contribution in [2.75, 3.05) is 11.9 Å². The summed E-state index contributed by atoms with van der Waals surface area (Å²) in [4.78, 5) is 3.36. The summed E-state index contributed by atoms with van der Waals surface area (Å²) in [7, 11) is 1.80. The van der Waals surface area contributed by atoms with Gasteiger partial charge in [-0.25, -0.2) is 0 Å². The quantitative estimate of drug-likeness (QED) is 0.928. The highest BCUT2D eigenvalue weighted by atomic mass is 32.1. The average Bonchev–Trinajstić information content (AvgIpc) is 2.87. The van der Waals surface area contributed by atoms with Crippen molar-refractivity contribution in [2.45, 2.75) is 12.6 Å². The number of aryl methyl sites for hydroxylation is 1. The van der Waals surface area contributed by atoms with E-state index in [4.69, 9.17) is 0 Å². The van der Waals surface area contributed by atoms with E-state index < -0.39 is 12.0 Å². The molecule has 0 aromatic carbocycles. The molecule has 0 spiro atoms. The number of rotatable bonds is 4. The second-order valence-corrected chi connectivity index (χ2v) is 4.33. The van der Waals surface area contributed by atoms with Crippen molar-refractivity contribution in [3.8, 4) is 0 Å². The van der Waals surface area contributed by atoms with Gasteiger partial charge in [0.15, 0.2) is 0 Å². The Balaban J connectivity index is 1.85. The molecular formula is C9H10F3N5S. The molecule has 5 nitrogen and oxygen atoms in total. The summed E-state index contributed by atoms with van der Waals surface area (Å²) in [5, 5.41) is 7.11. The summed E-state index contributed by atoms with van der Waals surface area (Å²) in [6, 6.07) is 1.85. The molecule has 0 saturated heterocycles. The van der Waals surface area contributed by atoms with Crippen LogP contribution in [0.1, 0.15) is 11.5 Å². The summed E-state index contributed by atoms with van der Waals surface area (Å²) >= 11 is 0.699. The number of aromatic nitrogens is 4. The first-order chi connectivity index (χ1) is 8.45. The van der Waals surface area contributed by atoms with E-state index in [1.54, 1.807) is 11.7 Å². The standard InChI is InChI=1S/C9H10F3N5S/c1-17-5-3-6(15-17)2-4-13-8-14-7(16-18-8)9(10,11)12/h3,5H,2,4H2,1H3,(H,13,14,16). The van der Waals surface area contributed by atoms with Crippen LogP contribution in [0.3, 0.4) is 0 Å². The normalized spacial score (nSPS) is 11.8. The lowest BCUT2D eigenvalue weighted by atomic mass is 10.3. The van der Waals surface area contributed by atoms with Crippen molar-refractivity contribution in [2.24, 2.45) is 7.05 Å². The van der Waals surface area contributed by atoms with Crippen LogP contribution in [0.5, 0.6) is 0 Å². The Morgan fingerprint density at radius 1 is 1.44 bits per heavy atom. The predicted octanol–water partition coefficient (Wildman–Crippen LogP) is 1.94.